The molecule has 0 saturated heterocycles. The Kier molecular flexibility index (Phi) is 4.54. The molecule has 2 aliphatic rings. The molecule has 0 atom stereocenters. The van der Waals surface area contributed by atoms with Gasteiger partial charge in [-0.2, -0.15) is 0 Å². The lowest BCUT2D eigenvalue weighted by Gasteiger charge is -2.21. The van der Waals surface area contributed by atoms with Crippen LogP contribution in [0.1, 0.15) is 31.8 Å². The summed E-state index contributed by atoms with van der Waals surface area (Å²) in [6.07, 6.45) is 3.28. The van der Waals surface area contributed by atoms with E-state index in [1.165, 1.54) is 31.4 Å². The largest absolute Gasteiger partial charge is 0.496 e. The van der Waals surface area contributed by atoms with Gasteiger partial charge < -0.3 is 14.8 Å². The van der Waals surface area contributed by atoms with Crippen molar-refractivity contribution in [1.29, 1.82) is 0 Å². The lowest BCUT2D eigenvalue weighted by Crippen LogP contribution is -2.34. The molecule has 1 N–H and O–H groups in total. The summed E-state index contributed by atoms with van der Waals surface area (Å²) in [5.41, 5.74) is 3.70. The number of rotatable bonds is 5. The van der Waals surface area contributed by atoms with Crippen LogP contribution in [0.2, 0.25) is 0 Å². The summed E-state index contributed by atoms with van der Waals surface area (Å²) < 4.78 is 10.6. The van der Waals surface area contributed by atoms with Gasteiger partial charge in [-0.25, -0.2) is 0 Å². The number of carbonyl (C=O) groups excluding carboxylic acids is 2. The molecule has 0 spiro atoms. The maximum absolute atomic E-state index is 13.0. The number of nitrogens with one attached hydrogen (secondary N) is 1. The molecule has 27 heavy (non-hydrogen) atoms. The van der Waals surface area contributed by atoms with Gasteiger partial charge in [-0.1, -0.05) is 24.3 Å². The number of ether oxygens (including phenoxy) is 2. The van der Waals surface area contributed by atoms with Gasteiger partial charge in [0.2, 0.25) is 0 Å². The van der Waals surface area contributed by atoms with Crippen molar-refractivity contribution >= 4 is 11.6 Å². The average molecular weight is 363 g/mol. The van der Waals surface area contributed by atoms with Crippen molar-refractivity contribution in [1.82, 2.24) is 5.32 Å². The monoisotopic (exact) mass is 363 g/mol. The first-order valence-corrected chi connectivity index (χ1v) is 8.97. The molecule has 2 aliphatic carbocycles. The number of benzene rings is 2. The molecule has 2 aromatic rings. The van der Waals surface area contributed by atoms with E-state index in [1.807, 2.05) is 12.1 Å². The lowest BCUT2D eigenvalue weighted by atomic mass is 9.88. The van der Waals surface area contributed by atoms with E-state index >= 15 is 0 Å². The number of Topliss-reactive ketones (excluding diaryl/α,β-unsaturated/α-hetero) is 1. The summed E-state index contributed by atoms with van der Waals surface area (Å²) in [6, 6.07) is 11.9. The van der Waals surface area contributed by atoms with Gasteiger partial charge in [0.25, 0.3) is 0 Å². The third-order valence-corrected chi connectivity index (χ3v) is 5.27. The summed E-state index contributed by atoms with van der Waals surface area (Å²) in [7, 11) is 2.98. The van der Waals surface area contributed by atoms with E-state index < -0.39 is 0 Å². The highest BCUT2D eigenvalue weighted by Crippen LogP contribution is 2.35. The molecule has 0 aromatic heterocycles. The molecule has 0 amide bonds. The summed E-state index contributed by atoms with van der Waals surface area (Å²) in [6.45, 7) is 0.350. The Labute approximate surface area is 158 Å². The Hall–Kier alpha value is -2.92. The Morgan fingerprint density at radius 1 is 0.926 bits per heavy atom. The normalized spacial score (nSPS) is 16.0. The quantitative estimate of drug-likeness (QED) is 0.885. The van der Waals surface area contributed by atoms with Crippen molar-refractivity contribution in [2.45, 2.75) is 18.9 Å². The Bertz CT molecular complexity index is 936. The number of methoxy groups -OCH3 is 2. The van der Waals surface area contributed by atoms with E-state index in [4.69, 9.17) is 9.47 Å². The van der Waals surface area contributed by atoms with Crippen LogP contribution in [0.5, 0.6) is 11.5 Å². The molecule has 4 rings (SSSR count). The van der Waals surface area contributed by atoms with Gasteiger partial charge in [0.15, 0.2) is 11.6 Å². The fourth-order valence-corrected chi connectivity index (χ4v) is 3.92. The van der Waals surface area contributed by atoms with Gasteiger partial charge in [0, 0.05) is 18.2 Å². The fraction of sp³-hybridized carbons (Fsp3) is 0.273. The predicted molar refractivity (Wildman–Crippen MR) is 102 cm³/mol. The van der Waals surface area contributed by atoms with Crippen LogP contribution in [0.25, 0.3) is 0 Å². The van der Waals surface area contributed by atoms with Gasteiger partial charge >= 0.3 is 0 Å². The second-order valence-electron chi connectivity index (χ2n) is 6.84. The molecule has 0 saturated carbocycles. The number of hydrogen-bond donors (Lipinski definition) is 1. The van der Waals surface area contributed by atoms with Crippen molar-refractivity contribution in [3.05, 3.63) is 70.3 Å². The second-order valence-corrected chi connectivity index (χ2v) is 6.84. The topological polar surface area (TPSA) is 64.6 Å². The van der Waals surface area contributed by atoms with E-state index in [2.05, 4.69) is 17.4 Å². The molecule has 5 heteroatoms. The first kappa shape index (κ1) is 17.5. The van der Waals surface area contributed by atoms with Crippen molar-refractivity contribution in [3.63, 3.8) is 0 Å². The van der Waals surface area contributed by atoms with Crippen LogP contribution in [-0.4, -0.2) is 38.4 Å². The van der Waals surface area contributed by atoms with Gasteiger partial charge in [-0.15, -0.1) is 0 Å². The van der Waals surface area contributed by atoms with E-state index in [-0.39, 0.29) is 28.7 Å². The molecular weight excluding hydrogens is 342 g/mol. The Morgan fingerprint density at radius 2 is 1.52 bits per heavy atom. The molecule has 0 bridgehead atoms. The summed E-state index contributed by atoms with van der Waals surface area (Å²) in [5, 5.41) is 3.43. The second kappa shape index (κ2) is 7.00. The van der Waals surface area contributed by atoms with Crippen LogP contribution >= 0.6 is 0 Å². The summed E-state index contributed by atoms with van der Waals surface area (Å²) in [5.74, 6) is 0.358. The zero-order valence-electron chi connectivity index (χ0n) is 15.4. The molecule has 0 radical (unpaired) electrons. The summed E-state index contributed by atoms with van der Waals surface area (Å²) in [4.78, 5) is 25.7. The minimum Gasteiger partial charge on any atom is -0.496 e. The van der Waals surface area contributed by atoms with Crippen molar-refractivity contribution < 1.29 is 19.1 Å². The number of carbonyl (C=O) groups is 2. The smallest absolute Gasteiger partial charge is 0.195 e. The predicted octanol–water partition coefficient (Wildman–Crippen LogP) is 2.77. The molecular formula is C22H21NO4. The SMILES string of the molecule is COc1ccc(OC)c2c1C(=O)C=C(CNC1Cc3ccccc3C1)C2=O. The van der Waals surface area contributed by atoms with Gasteiger partial charge in [0.1, 0.15) is 11.5 Å². The maximum Gasteiger partial charge on any atom is 0.195 e. The van der Waals surface area contributed by atoms with E-state index in [0.717, 1.165) is 12.8 Å². The van der Waals surface area contributed by atoms with Crippen LogP contribution in [0.3, 0.4) is 0 Å². The third-order valence-electron chi connectivity index (χ3n) is 5.27. The van der Waals surface area contributed by atoms with Crippen LogP contribution in [0, 0.1) is 0 Å². The molecule has 0 aliphatic heterocycles. The number of ketones is 2. The first-order chi connectivity index (χ1) is 13.1. The van der Waals surface area contributed by atoms with Gasteiger partial charge in [-0.05, 0) is 42.2 Å². The third kappa shape index (κ3) is 3.04. The molecule has 0 heterocycles. The van der Waals surface area contributed by atoms with Crippen LogP contribution in [-0.2, 0) is 12.8 Å². The summed E-state index contributed by atoms with van der Waals surface area (Å²) >= 11 is 0. The average Bonchev–Trinajstić information content (AvgIpc) is 3.11. The minimum atomic E-state index is -0.230. The number of fused-ring (bicyclic) bond motifs is 2. The number of allylic oxidation sites excluding steroid dienone is 1. The zero-order valence-corrected chi connectivity index (χ0v) is 15.4. The highest BCUT2D eigenvalue weighted by molar-refractivity contribution is 6.26. The van der Waals surface area contributed by atoms with E-state index in [9.17, 15) is 9.59 Å². The molecule has 2 aromatic carbocycles. The van der Waals surface area contributed by atoms with Crippen LogP contribution < -0.4 is 14.8 Å². The lowest BCUT2D eigenvalue weighted by molar-refractivity contribution is 0.0977. The molecule has 138 valence electrons. The van der Waals surface area contributed by atoms with Gasteiger partial charge in [0.05, 0.1) is 25.3 Å². The first-order valence-electron chi connectivity index (χ1n) is 8.97. The highest BCUT2D eigenvalue weighted by atomic mass is 16.5. The fourth-order valence-electron chi connectivity index (χ4n) is 3.92. The minimum absolute atomic E-state index is 0.191. The van der Waals surface area contributed by atoms with Crippen LogP contribution in [0.4, 0.5) is 0 Å². The highest BCUT2D eigenvalue weighted by Gasteiger charge is 2.32. The van der Waals surface area contributed by atoms with Crippen molar-refractivity contribution in [2.24, 2.45) is 0 Å². The van der Waals surface area contributed by atoms with Crippen molar-refractivity contribution in [3.8, 4) is 11.5 Å². The molecule has 0 unspecified atom stereocenters. The van der Waals surface area contributed by atoms with Crippen LogP contribution in [0.15, 0.2) is 48.0 Å². The Balaban J connectivity index is 1.55. The van der Waals surface area contributed by atoms with E-state index in [1.54, 1.807) is 12.1 Å². The molecule has 0 fully saturated rings. The Morgan fingerprint density at radius 3 is 2.11 bits per heavy atom. The maximum atomic E-state index is 13.0. The number of hydrogen-bond acceptors (Lipinski definition) is 5. The van der Waals surface area contributed by atoms with E-state index in [0.29, 0.717) is 23.6 Å². The molecule has 5 nitrogen and oxygen atoms in total. The van der Waals surface area contributed by atoms with Gasteiger partial charge in [-0.3, -0.25) is 9.59 Å². The van der Waals surface area contributed by atoms with Crippen molar-refractivity contribution in [2.75, 3.05) is 20.8 Å². The zero-order chi connectivity index (χ0) is 19.0. The standard InChI is InChI=1S/C22H21NO4/c1-26-18-7-8-19(27-2)21-20(18)17(24)11-15(22(21)25)12-23-16-9-13-5-3-4-6-14(13)10-16/h3-8,11,16,23H,9-10,12H2,1-2H3.